The van der Waals surface area contributed by atoms with Crippen molar-refractivity contribution in [2.45, 2.75) is 4.90 Å². The van der Waals surface area contributed by atoms with Gasteiger partial charge in [0.25, 0.3) is 10.0 Å². The van der Waals surface area contributed by atoms with Gasteiger partial charge in [-0.15, -0.1) is 0 Å². The molecular formula is C20H23N3O4S. The zero-order valence-electron chi connectivity index (χ0n) is 15.9. The molecular weight excluding hydrogens is 378 g/mol. The van der Waals surface area contributed by atoms with Crippen LogP contribution in [0.2, 0.25) is 0 Å². The van der Waals surface area contributed by atoms with Crippen LogP contribution in [0, 0.1) is 0 Å². The van der Waals surface area contributed by atoms with Crippen LogP contribution in [-0.2, 0) is 10.0 Å². The van der Waals surface area contributed by atoms with Crippen molar-refractivity contribution < 1.29 is 17.9 Å². The summed E-state index contributed by atoms with van der Waals surface area (Å²) in [6.07, 6.45) is 1.60. The molecule has 3 aromatic rings. The topological polar surface area (TPSA) is 72.8 Å². The van der Waals surface area contributed by atoms with Gasteiger partial charge >= 0.3 is 0 Å². The van der Waals surface area contributed by atoms with Gasteiger partial charge in [0.15, 0.2) is 11.5 Å². The minimum absolute atomic E-state index is 0.147. The van der Waals surface area contributed by atoms with E-state index in [1.807, 2.05) is 24.3 Å². The smallest absolute Gasteiger partial charge is 0.268 e. The Bertz CT molecular complexity index is 1100. The third kappa shape index (κ3) is 3.18. The maximum Gasteiger partial charge on any atom is 0.268 e. The SMILES string of the molecule is COc1ccc(S(=O)(=O)n2ccc3cc(N4CCNCC4)ccc32)cc1OC. The van der Waals surface area contributed by atoms with E-state index >= 15 is 0 Å². The Morgan fingerprint density at radius 3 is 2.39 bits per heavy atom. The van der Waals surface area contributed by atoms with E-state index in [1.165, 1.54) is 30.3 Å². The number of nitrogens with one attached hydrogen (secondary N) is 1. The number of hydrogen-bond acceptors (Lipinski definition) is 6. The number of aromatic nitrogens is 1. The van der Waals surface area contributed by atoms with Crippen LogP contribution in [0.3, 0.4) is 0 Å². The lowest BCUT2D eigenvalue weighted by Crippen LogP contribution is -2.43. The molecule has 8 heteroatoms. The fraction of sp³-hybridized carbons (Fsp3) is 0.300. The zero-order valence-corrected chi connectivity index (χ0v) is 16.7. The van der Waals surface area contributed by atoms with E-state index in [0.29, 0.717) is 17.0 Å². The van der Waals surface area contributed by atoms with Gasteiger partial charge in [0.1, 0.15) is 0 Å². The molecule has 1 aromatic heterocycles. The van der Waals surface area contributed by atoms with Crippen molar-refractivity contribution in [3.63, 3.8) is 0 Å². The second kappa shape index (κ2) is 7.37. The summed E-state index contributed by atoms with van der Waals surface area (Å²) in [6, 6.07) is 12.3. The second-order valence-corrected chi connectivity index (χ2v) is 8.43. The molecule has 1 aliphatic rings. The first-order chi connectivity index (χ1) is 13.5. The molecule has 2 aromatic carbocycles. The summed E-state index contributed by atoms with van der Waals surface area (Å²) in [5, 5.41) is 4.23. The first-order valence-electron chi connectivity index (χ1n) is 9.09. The molecule has 1 aliphatic heterocycles. The van der Waals surface area contributed by atoms with Gasteiger partial charge in [0.05, 0.1) is 24.6 Å². The molecule has 1 saturated heterocycles. The van der Waals surface area contributed by atoms with Crippen LogP contribution in [0.15, 0.2) is 53.6 Å². The van der Waals surface area contributed by atoms with Crippen molar-refractivity contribution in [3.8, 4) is 11.5 Å². The number of ether oxygens (including phenoxy) is 2. The summed E-state index contributed by atoms with van der Waals surface area (Å²) in [5.74, 6) is 0.862. The van der Waals surface area contributed by atoms with Gasteiger partial charge in [-0.2, -0.15) is 0 Å². The van der Waals surface area contributed by atoms with Crippen LogP contribution in [0.1, 0.15) is 0 Å². The Morgan fingerprint density at radius 1 is 0.929 bits per heavy atom. The van der Waals surface area contributed by atoms with E-state index in [-0.39, 0.29) is 4.90 Å². The van der Waals surface area contributed by atoms with Crippen molar-refractivity contribution in [1.82, 2.24) is 9.29 Å². The van der Waals surface area contributed by atoms with Gasteiger partial charge in [0, 0.05) is 49.5 Å². The van der Waals surface area contributed by atoms with E-state index in [0.717, 1.165) is 37.3 Å². The Balaban J connectivity index is 1.74. The lowest BCUT2D eigenvalue weighted by molar-refractivity contribution is 0.354. The monoisotopic (exact) mass is 401 g/mol. The van der Waals surface area contributed by atoms with Crippen LogP contribution >= 0.6 is 0 Å². The Hall–Kier alpha value is -2.71. The summed E-state index contributed by atoms with van der Waals surface area (Å²) in [7, 11) is -0.762. The minimum Gasteiger partial charge on any atom is -0.493 e. The molecule has 0 bridgehead atoms. The normalized spacial score (nSPS) is 15.0. The predicted molar refractivity (Wildman–Crippen MR) is 109 cm³/mol. The molecule has 7 nitrogen and oxygen atoms in total. The fourth-order valence-electron chi connectivity index (χ4n) is 3.52. The largest absolute Gasteiger partial charge is 0.493 e. The standard InChI is InChI=1S/C20H23N3O4S/c1-26-19-6-4-17(14-20(19)27-2)28(24,25)23-10-7-15-13-16(3-5-18(15)23)22-11-8-21-9-12-22/h3-7,10,13-14,21H,8-9,11-12H2,1-2H3. The number of hydrogen-bond donors (Lipinski definition) is 1. The second-order valence-electron chi connectivity index (χ2n) is 6.61. The first-order valence-corrected chi connectivity index (χ1v) is 10.5. The number of nitrogens with zero attached hydrogens (tertiary/aromatic N) is 2. The van der Waals surface area contributed by atoms with Gasteiger partial charge in [-0.25, -0.2) is 12.4 Å². The molecule has 0 saturated carbocycles. The highest BCUT2D eigenvalue weighted by atomic mass is 32.2. The zero-order chi connectivity index (χ0) is 19.7. The number of fused-ring (bicyclic) bond motifs is 1. The van der Waals surface area contributed by atoms with Crippen LogP contribution in [-0.4, -0.2) is 52.8 Å². The lowest BCUT2D eigenvalue weighted by atomic mass is 10.2. The molecule has 0 atom stereocenters. The highest BCUT2D eigenvalue weighted by Gasteiger charge is 2.21. The predicted octanol–water partition coefficient (Wildman–Crippen LogP) is 2.31. The molecule has 0 aliphatic carbocycles. The first kappa shape index (κ1) is 18.6. The van der Waals surface area contributed by atoms with E-state index in [1.54, 1.807) is 12.3 Å². The van der Waals surface area contributed by atoms with E-state index in [2.05, 4.69) is 10.2 Å². The van der Waals surface area contributed by atoms with Crippen molar-refractivity contribution in [3.05, 3.63) is 48.7 Å². The minimum atomic E-state index is -3.76. The van der Waals surface area contributed by atoms with Crippen LogP contribution in [0.4, 0.5) is 5.69 Å². The number of piperazine rings is 1. The Labute approximate surface area is 164 Å². The van der Waals surface area contributed by atoms with Gasteiger partial charge in [-0.3, -0.25) is 0 Å². The van der Waals surface area contributed by atoms with Gasteiger partial charge in [-0.1, -0.05) is 0 Å². The van der Waals surface area contributed by atoms with Crippen molar-refractivity contribution in [1.29, 1.82) is 0 Å². The Kier molecular flexibility index (Phi) is 4.91. The van der Waals surface area contributed by atoms with E-state index in [9.17, 15) is 8.42 Å². The maximum absolute atomic E-state index is 13.2. The molecule has 148 valence electrons. The third-order valence-corrected chi connectivity index (χ3v) is 6.72. The summed E-state index contributed by atoms with van der Waals surface area (Å²) >= 11 is 0. The molecule has 4 rings (SSSR count). The highest BCUT2D eigenvalue weighted by molar-refractivity contribution is 7.90. The number of methoxy groups -OCH3 is 2. The molecule has 0 radical (unpaired) electrons. The van der Waals surface area contributed by atoms with Gasteiger partial charge in [-0.05, 0) is 36.4 Å². The Morgan fingerprint density at radius 2 is 1.68 bits per heavy atom. The summed E-state index contributed by atoms with van der Waals surface area (Å²) < 4.78 is 38.2. The number of rotatable bonds is 5. The molecule has 0 amide bonds. The summed E-state index contributed by atoms with van der Waals surface area (Å²) in [4.78, 5) is 2.45. The quantitative estimate of drug-likeness (QED) is 0.707. The number of benzene rings is 2. The van der Waals surface area contributed by atoms with E-state index in [4.69, 9.17) is 9.47 Å². The third-order valence-electron chi connectivity index (χ3n) is 5.03. The van der Waals surface area contributed by atoms with E-state index < -0.39 is 10.0 Å². The summed E-state index contributed by atoms with van der Waals surface area (Å²) in [5.41, 5.74) is 1.75. The van der Waals surface area contributed by atoms with Crippen molar-refractivity contribution in [2.75, 3.05) is 45.3 Å². The molecule has 28 heavy (non-hydrogen) atoms. The maximum atomic E-state index is 13.2. The molecule has 1 N–H and O–H groups in total. The van der Waals surface area contributed by atoms with Gasteiger partial charge in [0.2, 0.25) is 0 Å². The highest BCUT2D eigenvalue weighted by Crippen LogP contribution is 2.32. The molecule has 1 fully saturated rings. The lowest BCUT2D eigenvalue weighted by Gasteiger charge is -2.29. The molecule has 0 spiro atoms. The fourth-order valence-corrected chi connectivity index (χ4v) is 4.89. The molecule has 2 heterocycles. The summed E-state index contributed by atoms with van der Waals surface area (Å²) in [6.45, 7) is 3.78. The average molecular weight is 401 g/mol. The van der Waals surface area contributed by atoms with Crippen LogP contribution < -0.4 is 19.7 Å². The number of anilines is 1. The average Bonchev–Trinajstić information content (AvgIpc) is 3.18. The van der Waals surface area contributed by atoms with Gasteiger partial charge < -0.3 is 19.7 Å². The van der Waals surface area contributed by atoms with Crippen molar-refractivity contribution in [2.24, 2.45) is 0 Å². The molecule has 0 unspecified atom stereocenters. The van der Waals surface area contributed by atoms with Crippen LogP contribution in [0.5, 0.6) is 11.5 Å². The van der Waals surface area contributed by atoms with Crippen molar-refractivity contribution >= 4 is 26.6 Å². The van der Waals surface area contributed by atoms with Crippen LogP contribution in [0.25, 0.3) is 10.9 Å².